The minimum atomic E-state index is 0.110. The summed E-state index contributed by atoms with van der Waals surface area (Å²) in [6.45, 7) is 1.27. The Morgan fingerprint density at radius 3 is 2.30 bits per heavy atom. The zero-order valence-electron chi connectivity index (χ0n) is 26.0. The smallest absolute Gasteiger partial charge is 0.220 e. The molecule has 0 unspecified atom stereocenters. The molecule has 2 atom stereocenters. The summed E-state index contributed by atoms with van der Waals surface area (Å²) in [6, 6.07) is 16.6. The summed E-state index contributed by atoms with van der Waals surface area (Å²) in [4.78, 5) is 33.6. The quantitative estimate of drug-likeness (QED) is 0.157. The Bertz CT molecular complexity index is 1730. The van der Waals surface area contributed by atoms with Crippen LogP contribution in [0.3, 0.4) is 0 Å². The minimum Gasteiger partial charge on any atom is -0.481 e. The summed E-state index contributed by atoms with van der Waals surface area (Å²) in [7, 11) is 3.27. The molecule has 2 aliphatic heterocycles. The zero-order valence-corrected chi connectivity index (χ0v) is 27.6. The van der Waals surface area contributed by atoms with Gasteiger partial charge < -0.3 is 25.4 Å². The van der Waals surface area contributed by atoms with Crippen molar-refractivity contribution in [2.24, 2.45) is 0 Å². The first-order valence-corrected chi connectivity index (χ1v) is 16.9. The molecule has 0 bridgehead atoms. The summed E-state index contributed by atoms with van der Waals surface area (Å²) < 4.78 is 11.3. The Morgan fingerprint density at radius 1 is 0.891 bits per heavy atom. The standard InChI is InChI=1S/C35H38ClN5O4S/c1-44-34-21(5-3-6-24-11-15-31(42)38-24)9-13-28(40-34)23-17-30(46-20-23)27-8-4-7-26(33(27)36)29-14-10-22(35(41-29)45-2)18-37-19-25-12-16-32(43)39-25/h4,7-10,13-14,17,20,24-25,37H,3,5-6,11-12,15-16,18-19H2,1-2H3,(H,38,42)(H,39,43)/t24-,25+/m1/s1. The van der Waals surface area contributed by atoms with Gasteiger partial charge in [0.25, 0.3) is 0 Å². The molecule has 9 nitrogen and oxygen atoms in total. The van der Waals surface area contributed by atoms with Gasteiger partial charge in [0.05, 0.1) is 30.6 Å². The molecular formula is C35H38ClN5O4S. The summed E-state index contributed by atoms with van der Waals surface area (Å²) in [6.07, 6.45) is 5.74. The lowest BCUT2D eigenvalue weighted by molar-refractivity contribution is -0.120. The van der Waals surface area contributed by atoms with Gasteiger partial charge >= 0.3 is 0 Å². The van der Waals surface area contributed by atoms with Crippen molar-refractivity contribution in [1.82, 2.24) is 25.9 Å². The van der Waals surface area contributed by atoms with Crippen LogP contribution in [0.25, 0.3) is 33.0 Å². The molecule has 2 saturated heterocycles. The van der Waals surface area contributed by atoms with Crippen molar-refractivity contribution < 1.29 is 19.1 Å². The van der Waals surface area contributed by atoms with Gasteiger partial charge in [0.1, 0.15) is 0 Å². The molecule has 2 fully saturated rings. The maximum Gasteiger partial charge on any atom is 0.220 e. The highest BCUT2D eigenvalue weighted by atomic mass is 35.5. The lowest BCUT2D eigenvalue weighted by atomic mass is 10.0. The molecule has 0 radical (unpaired) electrons. The third-order valence-electron chi connectivity index (χ3n) is 8.58. The molecule has 3 N–H and O–H groups in total. The second-order valence-electron chi connectivity index (χ2n) is 11.7. The predicted octanol–water partition coefficient (Wildman–Crippen LogP) is 6.18. The van der Waals surface area contributed by atoms with Crippen molar-refractivity contribution in [1.29, 1.82) is 0 Å². The molecule has 3 aromatic heterocycles. The molecule has 11 heteroatoms. The number of nitrogens with one attached hydrogen (secondary N) is 3. The van der Waals surface area contributed by atoms with Crippen molar-refractivity contribution in [2.75, 3.05) is 20.8 Å². The highest BCUT2D eigenvalue weighted by Gasteiger charge is 2.22. The van der Waals surface area contributed by atoms with Crippen molar-refractivity contribution in [3.05, 3.63) is 70.1 Å². The topological polar surface area (TPSA) is 114 Å². The van der Waals surface area contributed by atoms with Gasteiger partial charge in [-0.25, -0.2) is 9.97 Å². The number of carbonyl (C=O) groups excluding carboxylic acids is 2. The maximum absolute atomic E-state index is 11.5. The fraction of sp³-hybridized carbons (Fsp3) is 0.371. The van der Waals surface area contributed by atoms with Crippen LogP contribution < -0.4 is 25.4 Å². The van der Waals surface area contributed by atoms with E-state index < -0.39 is 0 Å². The van der Waals surface area contributed by atoms with Crippen LogP contribution in [0.15, 0.2) is 53.9 Å². The number of halogens is 1. The largest absolute Gasteiger partial charge is 0.481 e. The highest BCUT2D eigenvalue weighted by Crippen LogP contribution is 2.41. The average molecular weight is 660 g/mol. The molecule has 5 heterocycles. The number of rotatable bonds is 13. The number of pyridine rings is 2. The molecule has 0 saturated carbocycles. The van der Waals surface area contributed by atoms with Gasteiger partial charge in [0.15, 0.2) is 0 Å². The number of aromatic nitrogens is 2. The second-order valence-corrected chi connectivity index (χ2v) is 13.0. The molecule has 4 aromatic rings. The van der Waals surface area contributed by atoms with E-state index in [1.807, 2.05) is 36.4 Å². The predicted molar refractivity (Wildman–Crippen MR) is 181 cm³/mol. The van der Waals surface area contributed by atoms with E-state index in [1.54, 1.807) is 25.6 Å². The summed E-state index contributed by atoms with van der Waals surface area (Å²) >= 11 is 8.64. The van der Waals surface area contributed by atoms with Crippen molar-refractivity contribution >= 4 is 34.8 Å². The molecule has 6 rings (SSSR count). The second kappa shape index (κ2) is 14.6. The summed E-state index contributed by atoms with van der Waals surface area (Å²) in [5.41, 5.74) is 6.29. The third kappa shape index (κ3) is 7.35. The first-order chi connectivity index (χ1) is 22.4. The SMILES string of the molecule is COc1nc(-c2csc(-c3cccc(-c4ccc(CNC[C@@H]5CCC(=O)N5)c(OC)n4)c3Cl)c2)ccc1CCC[C@@H]1CCC(=O)N1. The first kappa shape index (κ1) is 32.0. The number of hydrogen-bond acceptors (Lipinski definition) is 8. The summed E-state index contributed by atoms with van der Waals surface area (Å²) in [5.74, 6) is 1.43. The van der Waals surface area contributed by atoms with E-state index in [0.29, 0.717) is 42.7 Å². The lowest BCUT2D eigenvalue weighted by Crippen LogP contribution is -2.35. The number of carbonyl (C=O) groups is 2. The van der Waals surface area contributed by atoms with Gasteiger partial charge in [0.2, 0.25) is 23.6 Å². The Morgan fingerprint density at radius 2 is 1.57 bits per heavy atom. The van der Waals surface area contributed by atoms with Gasteiger partial charge in [-0.3, -0.25) is 9.59 Å². The van der Waals surface area contributed by atoms with Gasteiger partial charge in [-0.05, 0) is 50.3 Å². The van der Waals surface area contributed by atoms with E-state index >= 15 is 0 Å². The lowest BCUT2D eigenvalue weighted by Gasteiger charge is -2.14. The number of aryl methyl sites for hydroxylation is 1. The fourth-order valence-electron chi connectivity index (χ4n) is 6.10. The monoisotopic (exact) mass is 659 g/mol. The molecule has 2 aliphatic rings. The Kier molecular flexibility index (Phi) is 10.2. The fourth-order valence-corrected chi connectivity index (χ4v) is 7.42. The van der Waals surface area contributed by atoms with E-state index in [-0.39, 0.29) is 23.9 Å². The van der Waals surface area contributed by atoms with Gasteiger partial charge in [-0.2, -0.15) is 0 Å². The molecule has 0 spiro atoms. The number of hydrogen-bond donors (Lipinski definition) is 3. The van der Waals surface area contributed by atoms with Crippen LogP contribution in [0.1, 0.15) is 49.7 Å². The molecular weight excluding hydrogens is 622 g/mol. The van der Waals surface area contributed by atoms with Crippen molar-refractivity contribution in [3.8, 4) is 44.7 Å². The van der Waals surface area contributed by atoms with E-state index in [4.69, 9.17) is 31.0 Å². The maximum atomic E-state index is 11.5. The van der Waals surface area contributed by atoms with E-state index in [9.17, 15) is 9.59 Å². The Hall–Kier alpha value is -3.99. The van der Waals surface area contributed by atoms with E-state index in [0.717, 1.165) is 76.2 Å². The van der Waals surface area contributed by atoms with Crippen LogP contribution in [0.5, 0.6) is 11.8 Å². The van der Waals surface area contributed by atoms with Crippen molar-refractivity contribution in [3.63, 3.8) is 0 Å². The van der Waals surface area contributed by atoms with E-state index in [2.05, 4.69) is 33.5 Å². The number of benzene rings is 1. The van der Waals surface area contributed by atoms with Crippen LogP contribution in [0.2, 0.25) is 5.02 Å². The van der Waals surface area contributed by atoms with Crippen LogP contribution >= 0.6 is 22.9 Å². The average Bonchev–Trinajstić information content (AvgIpc) is 3.83. The van der Waals surface area contributed by atoms with Gasteiger partial charge in [-0.1, -0.05) is 41.9 Å². The number of nitrogens with zero attached hydrogens (tertiary/aromatic N) is 2. The Balaban J connectivity index is 1.14. The van der Waals surface area contributed by atoms with Gasteiger partial charge in [-0.15, -0.1) is 11.3 Å². The third-order valence-corrected chi connectivity index (χ3v) is 9.95. The van der Waals surface area contributed by atoms with Crippen LogP contribution in [-0.4, -0.2) is 54.6 Å². The van der Waals surface area contributed by atoms with Crippen LogP contribution in [-0.2, 0) is 22.6 Å². The number of methoxy groups -OCH3 is 2. The van der Waals surface area contributed by atoms with Crippen LogP contribution in [0, 0.1) is 0 Å². The first-order valence-electron chi connectivity index (χ1n) is 15.7. The zero-order chi connectivity index (χ0) is 32.0. The molecule has 240 valence electrons. The Labute approximate surface area is 278 Å². The summed E-state index contributed by atoms with van der Waals surface area (Å²) in [5, 5.41) is 12.1. The molecule has 2 amide bonds. The highest BCUT2D eigenvalue weighted by molar-refractivity contribution is 7.14. The molecule has 0 aliphatic carbocycles. The number of amides is 2. The number of thiophene rings is 1. The number of ether oxygens (including phenoxy) is 2. The molecule has 1 aromatic carbocycles. The normalized spacial score (nSPS) is 17.6. The van der Waals surface area contributed by atoms with Crippen LogP contribution in [0.4, 0.5) is 0 Å². The molecule has 46 heavy (non-hydrogen) atoms. The van der Waals surface area contributed by atoms with Crippen molar-refractivity contribution in [2.45, 2.75) is 63.6 Å². The van der Waals surface area contributed by atoms with E-state index in [1.165, 1.54) is 0 Å². The van der Waals surface area contributed by atoms with Gasteiger partial charge in [0, 0.05) is 76.1 Å². The minimum absolute atomic E-state index is 0.110.